The second-order valence-corrected chi connectivity index (χ2v) is 7.35. The average Bonchev–Trinajstić information content (AvgIpc) is 2.63. The summed E-state index contributed by atoms with van der Waals surface area (Å²) in [5.41, 5.74) is 5.60. The van der Waals surface area contributed by atoms with Gasteiger partial charge in [0.1, 0.15) is 0 Å². The van der Waals surface area contributed by atoms with E-state index in [9.17, 15) is 18.0 Å². The van der Waals surface area contributed by atoms with Crippen molar-refractivity contribution in [1.29, 1.82) is 0 Å². The Morgan fingerprint density at radius 3 is 2.35 bits per heavy atom. The molecule has 0 aromatic heterocycles. The zero-order valence-electron chi connectivity index (χ0n) is 14.5. The van der Waals surface area contributed by atoms with Crippen LogP contribution in [0.4, 0.5) is 5.69 Å². The van der Waals surface area contributed by atoms with E-state index in [4.69, 9.17) is 10.5 Å². The van der Waals surface area contributed by atoms with Crippen molar-refractivity contribution in [1.82, 2.24) is 0 Å². The van der Waals surface area contributed by atoms with Crippen LogP contribution >= 0.6 is 0 Å². The van der Waals surface area contributed by atoms with E-state index >= 15 is 0 Å². The van der Waals surface area contributed by atoms with Gasteiger partial charge in [0.2, 0.25) is 0 Å². The van der Waals surface area contributed by atoms with E-state index in [1.54, 1.807) is 37.3 Å². The monoisotopic (exact) mass is 376 g/mol. The summed E-state index contributed by atoms with van der Waals surface area (Å²) in [5, 5.41) is 0. The number of hydrogen-bond donors (Lipinski definition) is 1. The van der Waals surface area contributed by atoms with Gasteiger partial charge in [0, 0.05) is 6.54 Å². The first-order valence-electron chi connectivity index (χ1n) is 7.95. The molecular formula is C18H20N2O5S. The second kappa shape index (κ2) is 8.01. The first-order chi connectivity index (χ1) is 12.3. The summed E-state index contributed by atoms with van der Waals surface area (Å²) in [6, 6.07) is 14.1. The number of ether oxygens (including phenoxy) is 1. The highest BCUT2D eigenvalue weighted by molar-refractivity contribution is 7.92. The smallest absolute Gasteiger partial charge is 0.338 e. The van der Waals surface area contributed by atoms with E-state index in [1.165, 1.54) is 35.5 Å². The number of nitrogens with two attached hydrogens (primary N) is 1. The number of amides is 1. The van der Waals surface area contributed by atoms with Crippen LogP contribution in [0.1, 0.15) is 24.2 Å². The van der Waals surface area contributed by atoms with Gasteiger partial charge < -0.3 is 10.5 Å². The maximum absolute atomic E-state index is 13.0. The van der Waals surface area contributed by atoms with Crippen LogP contribution in [0, 0.1) is 0 Å². The molecule has 2 rings (SSSR count). The molecule has 0 aliphatic heterocycles. The van der Waals surface area contributed by atoms with Crippen molar-refractivity contribution < 1.29 is 22.7 Å². The summed E-state index contributed by atoms with van der Waals surface area (Å²) in [4.78, 5) is 23.1. The number of hydrogen-bond acceptors (Lipinski definition) is 5. The predicted octanol–water partition coefficient (Wildman–Crippen LogP) is 1.93. The number of para-hydroxylation sites is 1. The van der Waals surface area contributed by atoms with Crippen LogP contribution < -0.4 is 10.0 Å². The molecule has 0 fully saturated rings. The van der Waals surface area contributed by atoms with Crippen LogP contribution in [0.3, 0.4) is 0 Å². The van der Waals surface area contributed by atoms with Crippen molar-refractivity contribution in [2.75, 3.05) is 10.8 Å². The quantitative estimate of drug-likeness (QED) is 0.743. The fraction of sp³-hybridized carbons (Fsp3) is 0.222. The van der Waals surface area contributed by atoms with Gasteiger partial charge in [-0.3, -0.25) is 9.10 Å². The standard InChI is InChI=1S/C18H20N2O5S/c1-3-20(15-9-5-4-6-10-15)26(23,24)16-11-7-8-14(12-16)18(22)25-13(2)17(19)21/h4-13H,3H2,1-2H3,(H2,19,21)/t13-/m1/s1. The maximum Gasteiger partial charge on any atom is 0.338 e. The lowest BCUT2D eigenvalue weighted by molar-refractivity contribution is -0.125. The Balaban J connectivity index is 2.36. The summed E-state index contributed by atoms with van der Waals surface area (Å²) in [6.45, 7) is 3.28. The molecule has 0 aliphatic rings. The van der Waals surface area contributed by atoms with Crippen molar-refractivity contribution in [3.05, 3.63) is 60.2 Å². The minimum Gasteiger partial charge on any atom is -0.449 e. The Morgan fingerprint density at radius 2 is 1.77 bits per heavy atom. The normalized spacial score (nSPS) is 12.2. The van der Waals surface area contributed by atoms with Crippen molar-refractivity contribution in [3.63, 3.8) is 0 Å². The molecule has 1 atom stereocenters. The summed E-state index contributed by atoms with van der Waals surface area (Å²) in [5.74, 6) is -1.61. The van der Waals surface area contributed by atoms with Crippen LogP contribution in [0.25, 0.3) is 0 Å². The molecular weight excluding hydrogens is 356 g/mol. The molecule has 0 bridgehead atoms. The predicted molar refractivity (Wildman–Crippen MR) is 97.2 cm³/mol. The van der Waals surface area contributed by atoms with E-state index in [-0.39, 0.29) is 17.0 Å². The minimum atomic E-state index is -3.87. The van der Waals surface area contributed by atoms with E-state index < -0.39 is 28.0 Å². The molecule has 0 unspecified atom stereocenters. The fourth-order valence-corrected chi connectivity index (χ4v) is 3.80. The maximum atomic E-state index is 13.0. The first-order valence-corrected chi connectivity index (χ1v) is 9.39. The van der Waals surface area contributed by atoms with Crippen LogP contribution in [0.15, 0.2) is 59.5 Å². The Bertz CT molecular complexity index is 897. The van der Waals surface area contributed by atoms with Crippen molar-refractivity contribution in [2.24, 2.45) is 5.73 Å². The van der Waals surface area contributed by atoms with Gasteiger partial charge in [-0.15, -0.1) is 0 Å². The zero-order valence-corrected chi connectivity index (χ0v) is 15.3. The number of benzene rings is 2. The zero-order chi connectivity index (χ0) is 19.3. The summed E-state index contributed by atoms with van der Waals surface area (Å²) in [7, 11) is -3.87. The third-order valence-corrected chi connectivity index (χ3v) is 5.57. The highest BCUT2D eigenvalue weighted by Crippen LogP contribution is 2.24. The van der Waals surface area contributed by atoms with Gasteiger partial charge in [-0.2, -0.15) is 0 Å². The van der Waals surface area contributed by atoms with Gasteiger partial charge in [-0.25, -0.2) is 13.2 Å². The van der Waals surface area contributed by atoms with Gasteiger partial charge in [0.15, 0.2) is 6.10 Å². The van der Waals surface area contributed by atoms with E-state index in [2.05, 4.69) is 0 Å². The van der Waals surface area contributed by atoms with Crippen LogP contribution in [0.2, 0.25) is 0 Å². The number of carbonyl (C=O) groups is 2. The Hall–Kier alpha value is -2.87. The Morgan fingerprint density at radius 1 is 1.12 bits per heavy atom. The molecule has 7 nitrogen and oxygen atoms in total. The van der Waals surface area contributed by atoms with Gasteiger partial charge in [-0.05, 0) is 44.2 Å². The van der Waals surface area contributed by atoms with E-state index in [1.807, 2.05) is 0 Å². The van der Waals surface area contributed by atoms with Gasteiger partial charge in [-0.1, -0.05) is 24.3 Å². The Kier molecular flexibility index (Phi) is 5.99. The second-order valence-electron chi connectivity index (χ2n) is 5.48. The van der Waals surface area contributed by atoms with Crippen molar-refractivity contribution in [3.8, 4) is 0 Å². The van der Waals surface area contributed by atoms with Crippen LogP contribution in [0.5, 0.6) is 0 Å². The molecule has 2 N–H and O–H groups in total. The lowest BCUT2D eigenvalue weighted by Gasteiger charge is -2.23. The number of esters is 1. The molecule has 1 amide bonds. The van der Waals surface area contributed by atoms with E-state index in [0.29, 0.717) is 5.69 Å². The largest absolute Gasteiger partial charge is 0.449 e. The molecule has 0 spiro atoms. The SMILES string of the molecule is CCN(c1ccccc1)S(=O)(=O)c1cccc(C(=O)O[C@H](C)C(N)=O)c1. The fourth-order valence-electron chi connectivity index (χ4n) is 2.28. The van der Waals surface area contributed by atoms with Gasteiger partial charge in [0.25, 0.3) is 15.9 Å². The summed E-state index contributed by atoms with van der Waals surface area (Å²) in [6.07, 6.45) is -1.11. The lowest BCUT2D eigenvalue weighted by atomic mass is 10.2. The molecule has 26 heavy (non-hydrogen) atoms. The number of rotatable bonds is 7. The molecule has 2 aromatic rings. The lowest BCUT2D eigenvalue weighted by Crippen LogP contribution is -2.31. The molecule has 0 saturated heterocycles. The highest BCUT2D eigenvalue weighted by atomic mass is 32.2. The molecule has 0 saturated carbocycles. The molecule has 0 aliphatic carbocycles. The molecule has 0 heterocycles. The highest BCUT2D eigenvalue weighted by Gasteiger charge is 2.25. The van der Waals surface area contributed by atoms with Crippen molar-refractivity contribution in [2.45, 2.75) is 24.8 Å². The number of sulfonamides is 1. The van der Waals surface area contributed by atoms with E-state index in [0.717, 1.165) is 0 Å². The van der Waals surface area contributed by atoms with Crippen LogP contribution in [-0.4, -0.2) is 32.9 Å². The minimum absolute atomic E-state index is 0.0169. The number of primary amides is 1. The number of anilines is 1. The summed E-state index contributed by atoms with van der Waals surface area (Å²) < 4.78 is 32.1. The third kappa shape index (κ3) is 4.20. The van der Waals surface area contributed by atoms with Crippen LogP contribution in [-0.2, 0) is 19.6 Å². The number of carbonyl (C=O) groups excluding carboxylic acids is 2. The van der Waals surface area contributed by atoms with Crippen molar-refractivity contribution >= 4 is 27.6 Å². The molecule has 0 radical (unpaired) electrons. The van der Waals surface area contributed by atoms with Gasteiger partial charge in [0.05, 0.1) is 16.1 Å². The average molecular weight is 376 g/mol. The molecule has 138 valence electrons. The summed E-state index contributed by atoms with van der Waals surface area (Å²) >= 11 is 0. The third-order valence-electron chi connectivity index (χ3n) is 3.67. The topological polar surface area (TPSA) is 107 Å². The molecule has 2 aromatic carbocycles. The number of nitrogens with zero attached hydrogens (tertiary/aromatic N) is 1. The first kappa shape index (κ1) is 19.5. The molecule has 8 heteroatoms. The Labute approximate surface area is 152 Å². The van der Waals surface area contributed by atoms with Gasteiger partial charge >= 0.3 is 5.97 Å².